The normalized spacial score (nSPS) is 12.2. The van der Waals surface area contributed by atoms with Gasteiger partial charge < -0.3 is 24.8 Å². The molecule has 2 rings (SSSR count). The van der Waals surface area contributed by atoms with Crippen LogP contribution in [0.4, 0.5) is 5.00 Å². The van der Waals surface area contributed by atoms with Crippen LogP contribution in [0.3, 0.4) is 0 Å². The second-order valence-corrected chi connectivity index (χ2v) is 8.46. The molecule has 0 radical (unpaired) electrons. The smallest absolute Gasteiger partial charge is 0.341 e. The SMILES string of the molecule is CCOC(=O)c1c(NC(C)=O)sc2c(OCC(O)C[NH+](CC)CC)c(Br)ccc12. The molecule has 7 nitrogen and oxygen atoms in total. The van der Waals surface area contributed by atoms with Crippen molar-refractivity contribution >= 4 is 54.2 Å². The van der Waals surface area contributed by atoms with E-state index < -0.39 is 12.1 Å². The maximum absolute atomic E-state index is 12.5. The summed E-state index contributed by atoms with van der Waals surface area (Å²) in [6.07, 6.45) is -0.619. The summed E-state index contributed by atoms with van der Waals surface area (Å²) in [6.45, 7) is 10.1. The van der Waals surface area contributed by atoms with Gasteiger partial charge in [-0.3, -0.25) is 4.79 Å². The molecule has 1 unspecified atom stereocenters. The predicted molar refractivity (Wildman–Crippen MR) is 118 cm³/mol. The van der Waals surface area contributed by atoms with Crippen LogP contribution in [0.25, 0.3) is 10.1 Å². The summed E-state index contributed by atoms with van der Waals surface area (Å²) in [5.41, 5.74) is 0.313. The number of carbonyl (C=O) groups excluding carboxylic acids is 2. The molecule has 0 bridgehead atoms. The number of amides is 1. The number of benzene rings is 1. The summed E-state index contributed by atoms with van der Waals surface area (Å²) in [5, 5.41) is 14.1. The van der Waals surface area contributed by atoms with Crippen molar-refractivity contribution in [2.24, 2.45) is 0 Å². The maximum Gasteiger partial charge on any atom is 0.341 e. The lowest BCUT2D eigenvalue weighted by molar-refractivity contribution is -0.899. The molecular formula is C20H28BrN2O5S+. The Morgan fingerprint density at radius 1 is 1.28 bits per heavy atom. The summed E-state index contributed by atoms with van der Waals surface area (Å²) < 4.78 is 12.5. The first-order valence-corrected chi connectivity index (χ1v) is 11.3. The average molecular weight is 488 g/mol. The fourth-order valence-electron chi connectivity index (χ4n) is 3.01. The molecule has 1 aromatic heterocycles. The zero-order valence-corrected chi connectivity index (χ0v) is 19.5. The first-order chi connectivity index (χ1) is 13.8. The predicted octanol–water partition coefficient (Wildman–Crippen LogP) is 2.46. The van der Waals surface area contributed by atoms with E-state index in [1.54, 1.807) is 19.1 Å². The van der Waals surface area contributed by atoms with E-state index in [4.69, 9.17) is 9.47 Å². The maximum atomic E-state index is 12.5. The summed E-state index contributed by atoms with van der Waals surface area (Å²) in [7, 11) is 0. The average Bonchev–Trinajstić information content (AvgIpc) is 3.02. The van der Waals surface area contributed by atoms with Crippen LogP contribution >= 0.6 is 27.3 Å². The highest BCUT2D eigenvalue weighted by Gasteiger charge is 2.24. The Morgan fingerprint density at radius 3 is 2.55 bits per heavy atom. The minimum Gasteiger partial charge on any atom is -0.488 e. The third-order valence-corrected chi connectivity index (χ3v) is 6.22. The summed E-state index contributed by atoms with van der Waals surface area (Å²) >= 11 is 4.74. The number of hydrogen-bond donors (Lipinski definition) is 3. The largest absolute Gasteiger partial charge is 0.488 e. The highest BCUT2D eigenvalue weighted by atomic mass is 79.9. The van der Waals surface area contributed by atoms with Crippen LogP contribution in [0, 0.1) is 0 Å². The molecular weight excluding hydrogens is 460 g/mol. The Morgan fingerprint density at radius 2 is 1.97 bits per heavy atom. The number of ether oxygens (including phenoxy) is 2. The Balaban J connectivity index is 2.39. The van der Waals surface area contributed by atoms with Gasteiger partial charge in [-0.15, -0.1) is 11.3 Å². The molecule has 9 heteroatoms. The van der Waals surface area contributed by atoms with E-state index in [-0.39, 0.29) is 19.1 Å². The van der Waals surface area contributed by atoms with Crippen molar-refractivity contribution < 1.29 is 29.1 Å². The zero-order chi connectivity index (χ0) is 21.6. The Labute approximate surface area is 183 Å². The number of aliphatic hydroxyl groups excluding tert-OH is 1. The van der Waals surface area contributed by atoms with E-state index in [0.29, 0.717) is 37.4 Å². The van der Waals surface area contributed by atoms with E-state index in [2.05, 4.69) is 35.1 Å². The van der Waals surface area contributed by atoms with Crippen molar-refractivity contribution in [1.29, 1.82) is 0 Å². The van der Waals surface area contributed by atoms with Gasteiger partial charge in [0.15, 0.2) is 5.75 Å². The highest BCUT2D eigenvalue weighted by molar-refractivity contribution is 9.10. The number of carbonyl (C=O) groups is 2. The zero-order valence-electron chi connectivity index (χ0n) is 17.1. The molecule has 0 aliphatic heterocycles. The number of aliphatic hydroxyl groups is 1. The van der Waals surface area contributed by atoms with E-state index in [9.17, 15) is 14.7 Å². The van der Waals surface area contributed by atoms with E-state index in [1.165, 1.54) is 23.2 Å². The Hall–Kier alpha value is -1.68. The topological polar surface area (TPSA) is 89.3 Å². The minimum absolute atomic E-state index is 0.128. The van der Waals surface area contributed by atoms with Gasteiger partial charge in [-0.1, -0.05) is 6.07 Å². The number of likely N-dealkylation sites (N-methyl/N-ethyl adjacent to an activating group) is 1. The van der Waals surface area contributed by atoms with Crippen molar-refractivity contribution in [2.45, 2.75) is 33.8 Å². The lowest BCUT2D eigenvalue weighted by atomic mass is 10.1. The van der Waals surface area contributed by atoms with Gasteiger partial charge in [0, 0.05) is 12.3 Å². The molecule has 1 atom stereocenters. The van der Waals surface area contributed by atoms with Crippen LogP contribution in [0.5, 0.6) is 5.75 Å². The van der Waals surface area contributed by atoms with Crippen LogP contribution in [0.2, 0.25) is 0 Å². The molecule has 0 aliphatic carbocycles. The second kappa shape index (κ2) is 10.9. The Kier molecular flexibility index (Phi) is 8.88. The van der Waals surface area contributed by atoms with Crippen molar-refractivity contribution in [1.82, 2.24) is 0 Å². The molecule has 1 amide bonds. The number of quaternary nitrogens is 1. The third-order valence-electron chi connectivity index (χ3n) is 4.48. The van der Waals surface area contributed by atoms with Crippen molar-refractivity contribution in [2.75, 3.05) is 38.2 Å². The van der Waals surface area contributed by atoms with Gasteiger partial charge in [0.2, 0.25) is 5.91 Å². The molecule has 0 saturated heterocycles. The molecule has 2 aromatic rings. The van der Waals surface area contributed by atoms with Gasteiger partial charge in [-0.05, 0) is 42.8 Å². The van der Waals surface area contributed by atoms with Gasteiger partial charge in [-0.2, -0.15) is 0 Å². The van der Waals surface area contributed by atoms with Crippen LogP contribution in [0.1, 0.15) is 38.1 Å². The first kappa shape index (κ1) is 23.6. The number of hydrogen-bond acceptors (Lipinski definition) is 6. The second-order valence-electron chi connectivity index (χ2n) is 6.59. The number of fused-ring (bicyclic) bond motifs is 1. The number of nitrogens with one attached hydrogen (secondary N) is 2. The lowest BCUT2D eigenvalue weighted by Gasteiger charge is -2.20. The molecule has 0 fully saturated rings. The molecule has 3 N–H and O–H groups in total. The van der Waals surface area contributed by atoms with Crippen LogP contribution < -0.4 is 15.0 Å². The van der Waals surface area contributed by atoms with Crippen molar-refractivity contribution in [3.05, 3.63) is 22.2 Å². The molecule has 29 heavy (non-hydrogen) atoms. The summed E-state index contributed by atoms with van der Waals surface area (Å²) in [5.74, 6) is -0.245. The van der Waals surface area contributed by atoms with Gasteiger partial charge >= 0.3 is 5.97 Å². The molecule has 0 spiro atoms. The Bertz CT molecular complexity index is 866. The molecule has 1 aromatic carbocycles. The van der Waals surface area contributed by atoms with Gasteiger partial charge in [0.05, 0.1) is 28.9 Å². The lowest BCUT2D eigenvalue weighted by Crippen LogP contribution is -3.12. The standard InChI is InChI=1S/C20H27BrN2O5S/c1-5-23(6-2)10-13(25)11-28-17-15(21)9-8-14-16(20(26)27-7-3)19(22-12(4)24)29-18(14)17/h8-9,13,25H,5-7,10-11H2,1-4H3,(H,22,24)/p+1. The fourth-order valence-corrected chi connectivity index (χ4v) is 4.82. The van der Waals surface area contributed by atoms with E-state index >= 15 is 0 Å². The van der Waals surface area contributed by atoms with Crippen molar-refractivity contribution in [3.63, 3.8) is 0 Å². The molecule has 160 valence electrons. The van der Waals surface area contributed by atoms with Crippen LogP contribution in [-0.2, 0) is 9.53 Å². The molecule has 0 saturated carbocycles. The summed E-state index contributed by atoms with van der Waals surface area (Å²) in [6, 6.07) is 3.57. The quantitative estimate of drug-likeness (QED) is 0.448. The number of esters is 1. The molecule has 0 aliphatic rings. The van der Waals surface area contributed by atoms with E-state index in [0.717, 1.165) is 13.1 Å². The van der Waals surface area contributed by atoms with Gasteiger partial charge in [-0.25, -0.2) is 4.79 Å². The number of thiophene rings is 1. The van der Waals surface area contributed by atoms with Crippen molar-refractivity contribution in [3.8, 4) is 5.75 Å². The number of halogens is 1. The number of anilines is 1. The summed E-state index contributed by atoms with van der Waals surface area (Å²) in [4.78, 5) is 25.4. The van der Waals surface area contributed by atoms with Gasteiger partial charge in [0.1, 0.15) is 29.8 Å². The highest BCUT2D eigenvalue weighted by Crippen LogP contribution is 2.44. The number of rotatable bonds is 10. The monoisotopic (exact) mass is 487 g/mol. The first-order valence-electron chi connectivity index (χ1n) is 9.66. The minimum atomic E-state index is -0.619. The van der Waals surface area contributed by atoms with E-state index in [1.807, 2.05) is 0 Å². The van der Waals surface area contributed by atoms with Crippen LogP contribution in [0.15, 0.2) is 16.6 Å². The van der Waals surface area contributed by atoms with Crippen LogP contribution in [-0.4, -0.2) is 55.9 Å². The third kappa shape index (κ3) is 5.91. The van der Waals surface area contributed by atoms with Gasteiger partial charge in [0.25, 0.3) is 0 Å². The molecule has 1 heterocycles. The fraction of sp³-hybridized carbons (Fsp3) is 0.500.